The Kier molecular flexibility index (Phi) is 3.79. The van der Waals surface area contributed by atoms with Crippen molar-refractivity contribution in [3.63, 3.8) is 0 Å². The lowest BCUT2D eigenvalue weighted by Gasteiger charge is -2.08. The number of hydrogen-bond donors (Lipinski definition) is 2. The number of hydrogen-bond acceptors (Lipinski definition) is 5. The molecular formula is C11H12ClN3O3S. The maximum Gasteiger partial charge on any atom is 0.243 e. The molecule has 102 valence electrons. The zero-order valence-corrected chi connectivity index (χ0v) is 11.6. The van der Waals surface area contributed by atoms with Gasteiger partial charge < -0.3 is 10.3 Å². The van der Waals surface area contributed by atoms with Gasteiger partial charge in [0.15, 0.2) is 0 Å². The minimum absolute atomic E-state index is 0.0195. The first-order valence-corrected chi connectivity index (χ1v) is 7.21. The van der Waals surface area contributed by atoms with E-state index < -0.39 is 10.0 Å². The van der Waals surface area contributed by atoms with E-state index in [2.05, 4.69) is 9.88 Å². The molecule has 0 unspecified atom stereocenters. The fourth-order valence-corrected chi connectivity index (χ4v) is 2.88. The van der Waals surface area contributed by atoms with Crippen LogP contribution in [0.25, 0.3) is 0 Å². The SMILES string of the molecule is Cc1cc(CNS(=O)(=O)c2cc(Cl)ccc2N)no1. The van der Waals surface area contributed by atoms with Crippen LogP contribution in [0.1, 0.15) is 11.5 Å². The predicted octanol–water partition coefficient (Wildman–Crippen LogP) is 1.70. The summed E-state index contributed by atoms with van der Waals surface area (Å²) in [5.41, 5.74) is 6.26. The highest BCUT2D eigenvalue weighted by Crippen LogP contribution is 2.22. The van der Waals surface area contributed by atoms with Crippen molar-refractivity contribution in [1.29, 1.82) is 0 Å². The summed E-state index contributed by atoms with van der Waals surface area (Å²) in [4.78, 5) is -0.0554. The largest absolute Gasteiger partial charge is 0.398 e. The minimum atomic E-state index is -3.74. The van der Waals surface area contributed by atoms with E-state index in [9.17, 15) is 8.42 Å². The number of halogens is 1. The van der Waals surface area contributed by atoms with Gasteiger partial charge in [-0.15, -0.1) is 0 Å². The lowest BCUT2D eigenvalue weighted by molar-refractivity contribution is 0.390. The summed E-state index contributed by atoms with van der Waals surface area (Å²) < 4.78 is 31.4. The summed E-state index contributed by atoms with van der Waals surface area (Å²) in [5, 5.41) is 3.99. The van der Waals surface area contributed by atoms with E-state index in [1.807, 2.05) is 0 Å². The molecule has 0 fully saturated rings. The van der Waals surface area contributed by atoms with Crippen molar-refractivity contribution in [2.75, 3.05) is 5.73 Å². The van der Waals surface area contributed by atoms with E-state index in [0.717, 1.165) is 0 Å². The van der Waals surface area contributed by atoms with Gasteiger partial charge in [0, 0.05) is 11.1 Å². The third-order valence-electron chi connectivity index (χ3n) is 2.39. The molecule has 0 atom stereocenters. The van der Waals surface area contributed by atoms with E-state index in [-0.39, 0.29) is 17.1 Å². The fraction of sp³-hybridized carbons (Fsp3) is 0.182. The number of sulfonamides is 1. The van der Waals surface area contributed by atoms with Gasteiger partial charge in [-0.1, -0.05) is 16.8 Å². The van der Waals surface area contributed by atoms with Crippen LogP contribution in [-0.4, -0.2) is 13.6 Å². The maximum atomic E-state index is 12.1. The van der Waals surface area contributed by atoms with Gasteiger partial charge in [-0.05, 0) is 25.1 Å². The zero-order valence-electron chi connectivity index (χ0n) is 10.1. The lowest BCUT2D eigenvalue weighted by atomic mass is 10.3. The van der Waals surface area contributed by atoms with Crippen molar-refractivity contribution in [1.82, 2.24) is 9.88 Å². The number of rotatable bonds is 4. The van der Waals surface area contributed by atoms with E-state index in [0.29, 0.717) is 16.5 Å². The van der Waals surface area contributed by atoms with Crippen LogP contribution < -0.4 is 10.5 Å². The summed E-state index contributed by atoms with van der Waals surface area (Å²) in [7, 11) is -3.74. The molecule has 19 heavy (non-hydrogen) atoms. The highest BCUT2D eigenvalue weighted by Gasteiger charge is 2.18. The molecule has 1 heterocycles. The molecular weight excluding hydrogens is 290 g/mol. The number of aromatic nitrogens is 1. The van der Waals surface area contributed by atoms with Gasteiger partial charge in [0.25, 0.3) is 0 Å². The second-order valence-corrected chi connectivity index (χ2v) is 6.11. The number of nitrogens with one attached hydrogen (secondary N) is 1. The topological polar surface area (TPSA) is 98.2 Å². The van der Waals surface area contributed by atoms with Gasteiger partial charge in [0.2, 0.25) is 10.0 Å². The first-order valence-electron chi connectivity index (χ1n) is 5.35. The van der Waals surface area contributed by atoms with Crippen LogP contribution in [0.2, 0.25) is 5.02 Å². The highest BCUT2D eigenvalue weighted by molar-refractivity contribution is 7.89. The van der Waals surface area contributed by atoms with Crippen LogP contribution in [-0.2, 0) is 16.6 Å². The van der Waals surface area contributed by atoms with Crippen LogP contribution in [0.4, 0.5) is 5.69 Å². The molecule has 0 amide bonds. The van der Waals surface area contributed by atoms with Gasteiger partial charge in [0.1, 0.15) is 10.7 Å². The number of nitrogen functional groups attached to an aromatic ring is 1. The molecule has 0 spiro atoms. The molecule has 2 aromatic rings. The predicted molar refractivity (Wildman–Crippen MR) is 71.1 cm³/mol. The summed E-state index contributed by atoms with van der Waals surface area (Å²) in [6, 6.07) is 5.91. The lowest BCUT2D eigenvalue weighted by Crippen LogP contribution is -2.24. The molecule has 0 saturated carbocycles. The van der Waals surface area contributed by atoms with Crippen molar-refractivity contribution < 1.29 is 12.9 Å². The minimum Gasteiger partial charge on any atom is -0.398 e. The van der Waals surface area contributed by atoms with Crippen LogP contribution in [0, 0.1) is 6.92 Å². The van der Waals surface area contributed by atoms with Crippen molar-refractivity contribution in [2.24, 2.45) is 0 Å². The van der Waals surface area contributed by atoms with E-state index in [1.54, 1.807) is 13.0 Å². The standard InChI is InChI=1S/C11H12ClN3O3S/c1-7-4-9(15-18-7)6-14-19(16,17)11-5-8(12)2-3-10(11)13/h2-5,14H,6,13H2,1H3. The Hall–Kier alpha value is -1.57. The highest BCUT2D eigenvalue weighted by atomic mass is 35.5. The third kappa shape index (κ3) is 3.25. The Morgan fingerprint density at radius 1 is 1.42 bits per heavy atom. The van der Waals surface area contributed by atoms with Gasteiger partial charge in [-0.25, -0.2) is 13.1 Å². The van der Waals surface area contributed by atoms with Crippen LogP contribution in [0.5, 0.6) is 0 Å². The first-order chi connectivity index (χ1) is 8.88. The molecule has 1 aromatic carbocycles. The van der Waals surface area contributed by atoms with Crippen molar-refractivity contribution in [3.05, 3.63) is 40.7 Å². The maximum absolute atomic E-state index is 12.1. The number of nitrogens with zero attached hydrogens (tertiary/aromatic N) is 1. The quantitative estimate of drug-likeness (QED) is 0.837. The number of anilines is 1. The zero-order chi connectivity index (χ0) is 14.0. The van der Waals surface area contributed by atoms with Crippen LogP contribution in [0.3, 0.4) is 0 Å². The average molecular weight is 302 g/mol. The number of benzene rings is 1. The second kappa shape index (κ2) is 5.20. The van der Waals surface area contributed by atoms with Gasteiger partial charge in [0.05, 0.1) is 17.9 Å². The molecule has 2 rings (SSSR count). The van der Waals surface area contributed by atoms with Crippen LogP contribution >= 0.6 is 11.6 Å². The molecule has 0 bridgehead atoms. The van der Waals surface area contributed by atoms with Crippen molar-refractivity contribution in [3.8, 4) is 0 Å². The van der Waals surface area contributed by atoms with Crippen LogP contribution in [0.15, 0.2) is 33.7 Å². The van der Waals surface area contributed by atoms with Crippen molar-refractivity contribution >= 4 is 27.3 Å². The summed E-state index contributed by atoms with van der Waals surface area (Å²) in [6.07, 6.45) is 0. The molecule has 1 aromatic heterocycles. The molecule has 0 aliphatic heterocycles. The number of nitrogens with two attached hydrogens (primary N) is 1. The molecule has 6 nitrogen and oxygen atoms in total. The summed E-state index contributed by atoms with van der Waals surface area (Å²) in [5.74, 6) is 0.608. The van der Waals surface area contributed by atoms with Gasteiger partial charge in [-0.3, -0.25) is 0 Å². The Morgan fingerprint density at radius 3 is 2.79 bits per heavy atom. The fourth-order valence-electron chi connectivity index (χ4n) is 1.49. The Bertz CT molecular complexity index is 697. The average Bonchev–Trinajstić information content (AvgIpc) is 2.76. The Balaban J connectivity index is 2.20. The molecule has 8 heteroatoms. The molecule has 0 aliphatic rings. The summed E-state index contributed by atoms with van der Waals surface area (Å²) >= 11 is 5.77. The van der Waals surface area contributed by atoms with E-state index in [4.69, 9.17) is 21.9 Å². The smallest absolute Gasteiger partial charge is 0.243 e. The molecule has 0 saturated heterocycles. The van der Waals surface area contributed by atoms with E-state index in [1.165, 1.54) is 18.2 Å². The second-order valence-electron chi connectivity index (χ2n) is 3.94. The third-order valence-corrected chi connectivity index (χ3v) is 4.08. The Labute approximate surface area is 115 Å². The molecule has 3 N–H and O–H groups in total. The monoisotopic (exact) mass is 301 g/mol. The Morgan fingerprint density at radius 2 is 2.16 bits per heavy atom. The number of aryl methyl sites for hydroxylation is 1. The first kappa shape index (κ1) is 13.9. The van der Waals surface area contributed by atoms with Crippen molar-refractivity contribution in [2.45, 2.75) is 18.4 Å². The molecule has 0 aliphatic carbocycles. The van der Waals surface area contributed by atoms with Gasteiger partial charge in [-0.2, -0.15) is 0 Å². The van der Waals surface area contributed by atoms with E-state index >= 15 is 0 Å². The normalized spacial score (nSPS) is 11.7. The summed E-state index contributed by atoms with van der Waals surface area (Å²) in [6.45, 7) is 1.74. The van der Waals surface area contributed by atoms with Gasteiger partial charge >= 0.3 is 0 Å². The molecule has 0 radical (unpaired) electrons.